The van der Waals surface area contributed by atoms with E-state index < -0.39 is 46.8 Å². The summed E-state index contributed by atoms with van der Waals surface area (Å²) in [6.07, 6.45) is 0. The molecule has 2 unspecified atom stereocenters. The SMILES string of the molecule is COC(=O)C1N2C(=O)C(NC(=O)COc3ccccc3)[C@@H]2SC[C@@]1(C)OC(C)=O. The number of fused-ring (bicyclic) bond motifs is 1. The van der Waals surface area contributed by atoms with Gasteiger partial charge >= 0.3 is 11.9 Å². The van der Waals surface area contributed by atoms with Crippen LogP contribution in [0.2, 0.25) is 0 Å². The standard InChI is InChI=1S/C19H22N2O7S/c1-11(22)28-19(2)10-29-17-14(16(24)21(17)15(19)18(25)26-3)20-13(23)9-27-12-7-5-4-6-8-12/h4-8,14-15,17H,9-10H2,1-3H3,(H,20,23)/t14?,15?,17-,19+/m0/s1. The minimum Gasteiger partial charge on any atom is -0.484 e. The summed E-state index contributed by atoms with van der Waals surface area (Å²) in [5, 5.41) is 2.18. The Morgan fingerprint density at radius 1 is 1.28 bits per heavy atom. The molecule has 4 atom stereocenters. The van der Waals surface area contributed by atoms with Crippen LogP contribution in [0.25, 0.3) is 0 Å². The third kappa shape index (κ3) is 4.16. The number of nitrogens with one attached hydrogen (secondary N) is 1. The van der Waals surface area contributed by atoms with Crippen molar-refractivity contribution in [3.63, 3.8) is 0 Å². The summed E-state index contributed by atoms with van der Waals surface area (Å²) in [7, 11) is 1.21. The van der Waals surface area contributed by atoms with Crippen LogP contribution < -0.4 is 10.1 Å². The number of para-hydroxylation sites is 1. The van der Waals surface area contributed by atoms with Gasteiger partial charge in [-0.15, -0.1) is 11.8 Å². The number of methoxy groups -OCH3 is 1. The molecule has 29 heavy (non-hydrogen) atoms. The number of carbonyl (C=O) groups is 4. The van der Waals surface area contributed by atoms with Crippen LogP contribution in [-0.4, -0.2) is 71.2 Å². The molecule has 0 radical (unpaired) electrons. The summed E-state index contributed by atoms with van der Waals surface area (Å²) in [6.45, 7) is 2.59. The molecule has 2 amide bonds. The topological polar surface area (TPSA) is 111 Å². The van der Waals surface area contributed by atoms with Gasteiger partial charge in [-0.05, 0) is 19.1 Å². The highest BCUT2D eigenvalue weighted by molar-refractivity contribution is 8.00. The fraction of sp³-hybridized carbons (Fsp3) is 0.474. The van der Waals surface area contributed by atoms with Gasteiger partial charge < -0.3 is 24.4 Å². The van der Waals surface area contributed by atoms with Crippen LogP contribution in [0.1, 0.15) is 13.8 Å². The van der Waals surface area contributed by atoms with Crippen molar-refractivity contribution in [1.82, 2.24) is 10.2 Å². The first-order valence-corrected chi connectivity index (χ1v) is 10.00. The Balaban J connectivity index is 1.66. The van der Waals surface area contributed by atoms with Crippen molar-refractivity contribution >= 4 is 35.5 Å². The first kappa shape index (κ1) is 21.0. The maximum absolute atomic E-state index is 12.7. The Hall–Kier alpha value is -2.75. The van der Waals surface area contributed by atoms with Gasteiger partial charge in [0.15, 0.2) is 12.6 Å². The van der Waals surface area contributed by atoms with Gasteiger partial charge in [-0.3, -0.25) is 14.4 Å². The molecule has 0 bridgehead atoms. The van der Waals surface area contributed by atoms with Crippen LogP contribution in [0.3, 0.4) is 0 Å². The Labute approximate surface area is 172 Å². The first-order valence-electron chi connectivity index (χ1n) is 8.95. The van der Waals surface area contributed by atoms with Crippen molar-refractivity contribution in [2.24, 2.45) is 0 Å². The fourth-order valence-corrected chi connectivity index (χ4v) is 4.94. The van der Waals surface area contributed by atoms with Crippen molar-refractivity contribution in [2.75, 3.05) is 19.5 Å². The summed E-state index contributed by atoms with van der Waals surface area (Å²) in [6, 6.07) is 6.97. The number of nitrogens with zero attached hydrogens (tertiary/aromatic N) is 1. The van der Waals surface area contributed by atoms with E-state index >= 15 is 0 Å². The Morgan fingerprint density at radius 3 is 2.59 bits per heavy atom. The number of benzene rings is 1. The van der Waals surface area contributed by atoms with Gasteiger partial charge in [0, 0.05) is 12.7 Å². The zero-order chi connectivity index (χ0) is 21.2. The number of carbonyl (C=O) groups excluding carboxylic acids is 4. The molecule has 9 nitrogen and oxygen atoms in total. The summed E-state index contributed by atoms with van der Waals surface area (Å²) >= 11 is 1.33. The second kappa shape index (κ2) is 8.32. The van der Waals surface area contributed by atoms with Crippen LogP contribution in [0.5, 0.6) is 5.75 Å². The largest absolute Gasteiger partial charge is 0.484 e. The van der Waals surface area contributed by atoms with Crippen molar-refractivity contribution < 1.29 is 33.4 Å². The molecule has 0 saturated carbocycles. The predicted molar refractivity (Wildman–Crippen MR) is 103 cm³/mol. The Kier molecular flexibility index (Phi) is 6.02. The van der Waals surface area contributed by atoms with Crippen molar-refractivity contribution in [2.45, 2.75) is 36.9 Å². The van der Waals surface area contributed by atoms with E-state index in [2.05, 4.69) is 5.32 Å². The average molecular weight is 422 g/mol. The van der Waals surface area contributed by atoms with Crippen LogP contribution in [0, 0.1) is 0 Å². The molecule has 2 saturated heterocycles. The quantitative estimate of drug-likeness (QED) is 0.516. The number of hydrogen-bond donors (Lipinski definition) is 1. The third-order valence-corrected chi connectivity index (χ3v) is 6.29. The smallest absolute Gasteiger partial charge is 0.332 e. The molecular formula is C19H22N2O7S. The molecule has 0 aromatic heterocycles. The number of amides is 2. The lowest BCUT2D eigenvalue weighted by molar-refractivity contribution is -0.185. The molecule has 2 aliphatic heterocycles. The maximum Gasteiger partial charge on any atom is 0.332 e. The molecular weight excluding hydrogens is 400 g/mol. The van der Waals surface area contributed by atoms with Gasteiger partial charge in [0.2, 0.25) is 5.91 Å². The molecule has 3 rings (SSSR count). The van der Waals surface area contributed by atoms with Gasteiger partial charge in [-0.1, -0.05) is 18.2 Å². The first-order chi connectivity index (χ1) is 13.8. The maximum atomic E-state index is 12.7. The lowest BCUT2D eigenvalue weighted by Gasteiger charge is -2.56. The van der Waals surface area contributed by atoms with E-state index in [-0.39, 0.29) is 12.4 Å². The highest BCUT2D eigenvalue weighted by Crippen LogP contribution is 2.44. The summed E-state index contributed by atoms with van der Waals surface area (Å²) in [5.41, 5.74) is -1.22. The van der Waals surface area contributed by atoms with Crippen molar-refractivity contribution in [3.05, 3.63) is 30.3 Å². The summed E-state index contributed by atoms with van der Waals surface area (Å²) in [5.74, 6) is -1.31. The van der Waals surface area contributed by atoms with E-state index in [1.54, 1.807) is 31.2 Å². The monoisotopic (exact) mass is 422 g/mol. The average Bonchev–Trinajstić information content (AvgIpc) is 2.69. The van der Waals surface area contributed by atoms with Crippen LogP contribution in [0.15, 0.2) is 30.3 Å². The normalized spacial score (nSPS) is 27.9. The van der Waals surface area contributed by atoms with E-state index in [1.165, 1.54) is 30.7 Å². The lowest BCUT2D eigenvalue weighted by atomic mass is 9.90. The van der Waals surface area contributed by atoms with Gasteiger partial charge in [0.05, 0.1) is 7.11 Å². The highest BCUT2D eigenvalue weighted by Gasteiger charge is 2.63. The number of hydrogen-bond acceptors (Lipinski definition) is 8. The Morgan fingerprint density at radius 2 is 1.97 bits per heavy atom. The van der Waals surface area contributed by atoms with Crippen LogP contribution in [-0.2, 0) is 28.7 Å². The molecule has 2 aliphatic rings. The zero-order valence-electron chi connectivity index (χ0n) is 16.2. The molecule has 156 valence electrons. The van der Waals surface area contributed by atoms with E-state index in [0.29, 0.717) is 5.75 Å². The minimum atomic E-state index is -1.22. The van der Waals surface area contributed by atoms with E-state index in [9.17, 15) is 19.2 Å². The molecule has 10 heteroatoms. The van der Waals surface area contributed by atoms with E-state index in [1.807, 2.05) is 6.07 Å². The molecule has 0 aliphatic carbocycles. The van der Waals surface area contributed by atoms with Gasteiger partial charge in [0.1, 0.15) is 22.8 Å². The highest BCUT2D eigenvalue weighted by atomic mass is 32.2. The second-order valence-corrected chi connectivity index (χ2v) is 8.03. The van der Waals surface area contributed by atoms with Crippen molar-refractivity contribution in [3.8, 4) is 5.75 Å². The predicted octanol–water partition coefficient (Wildman–Crippen LogP) is 0.329. The van der Waals surface area contributed by atoms with Gasteiger partial charge in [-0.2, -0.15) is 0 Å². The van der Waals surface area contributed by atoms with Crippen molar-refractivity contribution in [1.29, 1.82) is 0 Å². The number of esters is 2. The summed E-state index contributed by atoms with van der Waals surface area (Å²) < 4.78 is 15.6. The van der Waals surface area contributed by atoms with Gasteiger partial charge in [-0.25, -0.2) is 4.79 Å². The second-order valence-electron chi connectivity index (χ2n) is 6.93. The third-order valence-electron chi connectivity index (χ3n) is 4.71. The van der Waals surface area contributed by atoms with E-state index in [4.69, 9.17) is 14.2 Å². The molecule has 1 aromatic carbocycles. The summed E-state index contributed by atoms with van der Waals surface area (Å²) in [4.78, 5) is 50.1. The Bertz CT molecular complexity index is 818. The fourth-order valence-electron chi connectivity index (χ4n) is 3.46. The lowest BCUT2D eigenvalue weighted by Crippen LogP contribution is -2.79. The molecule has 1 aromatic rings. The van der Waals surface area contributed by atoms with Crippen LogP contribution >= 0.6 is 11.8 Å². The zero-order valence-corrected chi connectivity index (χ0v) is 17.1. The molecule has 2 heterocycles. The molecule has 2 fully saturated rings. The van der Waals surface area contributed by atoms with Gasteiger partial charge in [0.25, 0.3) is 5.91 Å². The van der Waals surface area contributed by atoms with Crippen LogP contribution in [0.4, 0.5) is 0 Å². The number of ether oxygens (including phenoxy) is 3. The number of β-lactam (4-membered cyclic amide) rings is 1. The number of rotatable bonds is 6. The molecule has 0 spiro atoms. The minimum absolute atomic E-state index is 0.239. The molecule has 1 N–H and O–H groups in total. The number of thioether (sulfide) groups is 1. The van der Waals surface area contributed by atoms with E-state index in [0.717, 1.165) is 0 Å².